The topological polar surface area (TPSA) is 65.0 Å². The van der Waals surface area contributed by atoms with Gasteiger partial charge in [-0.3, -0.25) is 4.79 Å². The minimum atomic E-state index is -0.831. The van der Waals surface area contributed by atoms with E-state index in [2.05, 4.69) is 0 Å². The summed E-state index contributed by atoms with van der Waals surface area (Å²) in [6, 6.07) is 21.0. The van der Waals surface area contributed by atoms with Crippen molar-refractivity contribution in [2.24, 2.45) is 0 Å². The largest absolute Gasteiger partial charge is 0.492 e. The van der Waals surface area contributed by atoms with Crippen LogP contribution in [0.2, 0.25) is 5.02 Å². The molecule has 1 atom stereocenters. The molecule has 1 aliphatic heterocycles. The first-order valence-corrected chi connectivity index (χ1v) is 10.0. The number of carboxylic acid groups (broad SMARTS) is 1. The van der Waals surface area contributed by atoms with Gasteiger partial charge in [0.25, 0.3) is 0 Å². The molecule has 30 heavy (non-hydrogen) atoms. The van der Waals surface area contributed by atoms with E-state index >= 15 is 0 Å². The molecule has 1 unspecified atom stereocenters. The van der Waals surface area contributed by atoms with Crippen molar-refractivity contribution in [1.82, 2.24) is 0 Å². The maximum atomic E-state index is 11.0. The van der Waals surface area contributed by atoms with E-state index in [9.17, 15) is 4.79 Å². The number of hydrogen-bond donors (Lipinski definition) is 1. The Balaban J connectivity index is 1.35. The Hall–Kier alpha value is -3.18. The summed E-state index contributed by atoms with van der Waals surface area (Å²) in [5, 5.41) is 9.57. The molecule has 3 aromatic carbocycles. The van der Waals surface area contributed by atoms with Crippen LogP contribution in [0.5, 0.6) is 17.2 Å². The molecule has 0 fully saturated rings. The van der Waals surface area contributed by atoms with E-state index in [4.69, 9.17) is 30.9 Å². The third-order valence-corrected chi connectivity index (χ3v) is 5.30. The fourth-order valence-corrected chi connectivity index (χ4v) is 3.59. The van der Waals surface area contributed by atoms with Gasteiger partial charge in [-0.1, -0.05) is 54.1 Å². The molecular weight excluding hydrogens is 404 g/mol. The number of carboxylic acids is 1. The predicted octanol–water partition coefficient (Wildman–Crippen LogP) is 5.45. The van der Waals surface area contributed by atoms with Gasteiger partial charge in [-0.05, 0) is 23.8 Å². The maximum absolute atomic E-state index is 11.0. The number of rotatable bonds is 8. The van der Waals surface area contributed by atoms with E-state index in [1.54, 1.807) is 12.1 Å². The minimum Gasteiger partial charge on any atom is -0.492 e. The average Bonchev–Trinajstić information content (AvgIpc) is 3.13. The summed E-state index contributed by atoms with van der Waals surface area (Å²) in [7, 11) is 0. The molecule has 154 valence electrons. The molecule has 1 aliphatic rings. The monoisotopic (exact) mass is 424 g/mol. The molecular formula is C24H21ClO5. The zero-order valence-corrected chi connectivity index (χ0v) is 17.0. The van der Waals surface area contributed by atoms with Crippen LogP contribution in [0, 0.1) is 0 Å². The molecule has 0 amide bonds. The number of halogens is 1. The van der Waals surface area contributed by atoms with Crippen LogP contribution < -0.4 is 14.2 Å². The summed E-state index contributed by atoms with van der Waals surface area (Å²) in [6.45, 7) is 1.15. The van der Waals surface area contributed by atoms with Crippen molar-refractivity contribution < 1.29 is 24.1 Å². The van der Waals surface area contributed by atoms with Crippen LogP contribution in [0.3, 0.4) is 0 Å². The first kappa shape index (κ1) is 20.1. The fourth-order valence-electron chi connectivity index (χ4n) is 3.36. The van der Waals surface area contributed by atoms with Crippen LogP contribution in [0.25, 0.3) is 0 Å². The third-order valence-electron chi connectivity index (χ3n) is 4.95. The summed E-state index contributed by atoms with van der Waals surface area (Å²) < 4.78 is 17.3. The Bertz CT molecular complexity index is 1040. The van der Waals surface area contributed by atoms with Gasteiger partial charge in [0.2, 0.25) is 0 Å². The van der Waals surface area contributed by atoms with Crippen LogP contribution in [0.15, 0.2) is 66.7 Å². The number of hydrogen-bond acceptors (Lipinski definition) is 4. The van der Waals surface area contributed by atoms with Crippen LogP contribution in [0.1, 0.15) is 29.0 Å². The SMILES string of the molecule is O=C(O)CC1COc2cc(OCc3ccc(OCc4ccccc4)cc3Cl)ccc21. The molecule has 0 saturated heterocycles. The van der Waals surface area contributed by atoms with E-state index < -0.39 is 5.97 Å². The highest BCUT2D eigenvalue weighted by atomic mass is 35.5. The van der Waals surface area contributed by atoms with Crippen LogP contribution in [-0.4, -0.2) is 17.7 Å². The Morgan fingerprint density at radius 2 is 1.73 bits per heavy atom. The second-order valence-corrected chi connectivity index (χ2v) is 7.53. The van der Waals surface area contributed by atoms with Crippen molar-refractivity contribution in [1.29, 1.82) is 0 Å². The van der Waals surface area contributed by atoms with Gasteiger partial charge in [0.1, 0.15) is 30.5 Å². The van der Waals surface area contributed by atoms with Gasteiger partial charge in [0.15, 0.2) is 0 Å². The molecule has 6 heteroatoms. The van der Waals surface area contributed by atoms with Gasteiger partial charge in [0, 0.05) is 23.1 Å². The first-order chi connectivity index (χ1) is 14.6. The van der Waals surface area contributed by atoms with Gasteiger partial charge < -0.3 is 19.3 Å². The molecule has 0 radical (unpaired) electrons. The van der Waals surface area contributed by atoms with Crippen molar-refractivity contribution in [2.75, 3.05) is 6.61 Å². The normalized spacial score (nSPS) is 14.6. The maximum Gasteiger partial charge on any atom is 0.304 e. The molecule has 5 nitrogen and oxygen atoms in total. The first-order valence-electron chi connectivity index (χ1n) is 9.65. The third kappa shape index (κ3) is 4.86. The summed E-state index contributed by atoms with van der Waals surface area (Å²) in [4.78, 5) is 11.0. The standard InChI is InChI=1S/C24H21ClO5/c25-22-11-19(28-13-16-4-2-1-3-5-16)7-6-17(22)14-29-20-8-9-21-18(10-24(26)27)15-30-23(21)12-20/h1-9,11-12,18H,10,13-15H2,(H,26,27). The molecule has 1 heterocycles. The van der Waals surface area contributed by atoms with Gasteiger partial charge in [-0.25, -0.2) is 0 Å². The second kappa shape index (κ2) is 9.09. The van der Waals surface area contributed by atoms with Crippen molar-refractivity contribution in [3.05, 3.63) is 88.4 Å². The number of benzene rings is 3. The summed E-state index contributed by atoms with van der Waals surface area (Å²) in [5.41, 5.74) is 2.84. The zero-order chi connectivity index (χ0) is 20.9. The van der Waals surface area contributed by atoms with Gasteiger partial charge in [-0.15, -0.1) is 0 Å². The summed E-state index contributed by atoms with van der Waals surface area (Å²) >= 11 is 6.40. The highest BCUT2D eigenvalue weighted by molar-refractivity contribution is 6.31. The molecule has 0 bridgehead atoms. The van der Waals surface area contributed by atoms with Crippen molar-refractivity contribution in [2.45, 2.75) is 25.6 Å². The van der Waals surface area contributed by atoms with E-state index in [-0.39, 0.29) is 12.3 Å². The molecule has 3 aromatic rings. The van der Waals surface area contributed by atoms with Crippen LogP contribution in [-0.2, 0) is 18.0 Å². The lowest BCUT2D eigenvalue weighted by Gasteiger charge is -2.11. The smallest absolute Gasteiger partial charge is 0.304 e. The lowest BCUT2D eigenvalue weighted by atomic mass is 9.98. The predicted molar refractivity (Wildman–Crippen MR) is 113 cm³/mol. The lowest BCUT2D eigenvalue weighted by molar-refractivity contribution is -0.137. The average molecular weight is 425 g/mol. The molecule has 0 aliphatic carbocycles. The number of aliphatic carboxylic acids is 1. The quantitative estimate of drug-likeness (QED) is 0.521. The van der Waals surface area contributed by atoms with E-state index in [0.717, 1.165) is 16.7 Å². The molecule has 1 N–H and O–H groups in total. The molecule has 0 aromatic heterocycles. The molecule has 0 spiro atoms. The number of carbonyl (C=O) groups is 1. The zero-order valence-electron chi connectivity index (χ0n) is 16.2. The van der Waals surface area contributed by atoms with Crippen LogP contribution >= 0.6 is 11.6 Å². The van der Waals surface area contributed by atoms with Crippen molar-refractivity contribution in [3.63, 3.8) is 0 Å². The fraction of sp³-hybridized carbons (Fsp3) is 0.208. The Morgan fingerprint density at radius 1 is 1.00 bits per heavy atom. The lowest BCUT2D eigenvalue weighted by Crippen LogP contribution is -2.07. The minimum absolute atomic E-state index is 0.0570. The van der Waals surface area contributed by atoms with E-state index in [1.807, 2.05) is 54.6 Å². The number of fused-ring (bicyclic) bond motifs is 1. The highest BCUT2D eigenvalue weighted by Crippen LogP contribution is 2.38. The van der Waals surface area contributed by atoms with Gasteiger partial charge in [-0.2, -0.15) is 0 Å². The summed E-state index contributed by atoms with van der Waals surface area (Å²) in [6.07, 6.45) is 0.0570. The van der Waals surface area contributed by atoms with Crippen LogP contribution in [0.4, 0.5) is 0 Å². The second-order valence-electron chi connectivity index (χ2n) is 7.12. The van der Waals surface area contributed by atoms with E-state index in [0.29, 0.717) is 42.1 Å². The van der Waals surface area contributed by atoms with Gasteiger partial charge in [0.05, 0.1) is 18.1 Å². The Kier molecular flexibility index (Phi) is 6.10. The van der Waals surface area contributed by atoms with Crippen molar-refractivity contribution in [3.8, 4) is 17.2 Å². The Morgan fingerprint density at radius 3 is 2.50 bits per heavy atom. The number of ether oxygens (including phenoxy) is 3. The highest BCUT2D eigenvalue weighted by Gasteiger charge is 2.26. The van der Waals surface area contributed by atoms with Gasteiger partial charge >= 0.3 is 5.97 Å². The van der Waals surface area contributed by atoms with Crippen molar-refractivity contribution >= 4 is 17.6 Å². The molecule has 4 rings (SSSR count). The summed E-state index contributed by atoms with van der Waals surface area (Å²) in [5.74, 6) is 1.06. The van der Waals surface area contributed by atoms with E-state index in [1.165, 1.54) is 0 Å². The molecule has 0 saturated carbocycles. The Labute approximate surface area is 179 Å².